The van der Waals surface area contributed by atoms with Crippen molar-refractivity contribution >= 4 is 28.8 Å². The normalized spacial score (nSPS) is 10.6. The number of Topliss-reactive ketones (excluding diaryl/α,β-unsaturated/α-hetero) is 1. The van der Waals surface area contributed by atoms with Gasteiger partial charge in [0.25, 0.3) is 5.56 Å². The van der Waals surface area contributed by atoms with Gasteiger partial charge in [0.2, 0.25) is 11.9 Å². The van der Waals surface area contributed by atoms with E-state index in [9.17, 15) is 14.4 Å². The van der Waals surface area contributed by atoms with Crippen molar-refractivity contribution in [1.82, 2.24) is 19.5 Å². The molecule has 2 aromatic heterocycles. The van der Waals surface area contributed by atoms with Gasteiger partial charge < -0.3 is 4.98 Å². The summed E-state index contributed by atoms with van der Waals surface area (Å²) in [6.45, 7) is 2.48. The zero-order valence-corrected chi connectivity index (χ0v) is 9.85. The van der Waals surface area contributed by atoms with E-state index in [1.165, 1.54) is 20.2 Å². The second kappa shape index (κ2) is 4.40. The lowest BCUT2D eigenvalue weighted by atomic mass is 10.4. The number of aromatic amines is 1. The number of nitrogens with one attached hydrogen (secondary N) is 2. The summed E-state index contributed by atoms with van der Waals surface area (Å²) in [6.07, 6.45) is 1.33. The molecule has 1 amide bonds. The van der Waals surface area contributed by atoms with E-state index in [4.69, 9.17) is 0 Å². The lowest BCUT2D eigenvalue weighted by Gasteiger charge is -2.09. The predicted molar refractivity (Wildman–Crippen MR) is 63.1 cm³/mol. The summed E-state index contributed by atoms with van der Waals surface area (Å²) in [5.74, 6) is -0.583. The summed E-state index contributed by atoms with van der Waals surface area (Å²) >= 11 is 0. The predicted octanol–water partition coefficient (Wildman–Crippen LogP) is -0.333. The minimum Gasteiger partial charge on any atom is -0.339 e. The largest absolute Gasteiger partial charge is 0.339 e. The van der Waals surface area contributed by atoms with Crippen LogP contribution in [0.1, 0.15) is 13.8 Å². The zero-order valence-electron chi connectivity index (χ0n) is 9.85. The molecule has 94 valence electrons. The molecule has 0 atom stereocenters. The van der Waals surface area contributed by atoms with Gasteiger partial charge >= 0.3 is 0 Å². The van der Waals surface area contributed by atoms with Gasteiger partial charge in [-0.25, -0.2) is 4.98 Å². The molecule has 2 aromatic rings. The first-order chi connectivity index (χ1) is 8.49. The van der Waals surface area contributed by atoms with Crippen molar-refractivity contribution in [2.24, 2.45) is 0 Å². The number of ketones is 1. The fraction of sp³-hybridized carbons (Fsp3) is 0.300. The van der Waals surface area contributed by atoms with E-state index >= 15 is 0 Å². The Hall–Kier alpha value is -2.51. The Labute approximate surface area is 101 Å². The smallest absolute Gasteiger partial charge is 0.281 e. The SMILES string of the molecule is CC(=O)Cn1c(NC(C)=O)nc2nc[nH]c2c1=O. The van der Waals surface area contributed by atoms with E-state index in [2.05, 4.69) is 20.3 Å². The summed E-state index contributed by atoms with van der Waals surface area (Å²) in [6, 6.07) is 0. The van der Waals surface area contributed by atoms with E-state index in [1.54, 1.807) is 0 Å². The monoisotopic (exact) mass is 249 g/mol. The van der Waals surface area contributed by atoms with Gasteiger partial charge in [-0.2, -0.15) is 4.98 Å². The van der Waals surface area contributed by atoms with Crippen molar-refractivity contribution < 1.29 is 9.59 Å². The number of fused-ring (bicyclic) bond motifs is 1. The highest BCUT2D eigenvalue weighted by Crippen LogP contribution is 2.07. The van der Waals surface area contributed by atoms with Crippen molar-refractivity contribution in [3.63, 3.8) is 0 Å². The van der Waals surface area contributed by atoms with Gasteiger partial charge in [0, 0.05) is 6.92 Å². The van der Waals surface area contributed by atoms with Gasteiger partial charge in [-0.1, -0.05) is 0 Å². The average molecular weight is 249 g/mol. The quantitative estimate of drug-likeness (QED) is 0.773. The van der Waals surface area contributed by atoms with Gasteiger partial charge in [-0.15, -0.1) is 0 Å². The average Bonchev–Trinajstić information content (AvgIpc) is 2.70. The fourth-order valence-corrected chi connectivity index (χ4v) is 1.54. The second-order valence-electron chi connectivity index (χ2n) is 3.81. The summed E-state index contributed by atoms with van der Waals surface area (Å²) in [4.78, 5) is 44.8. The summed E-state index contributed by atoms with van der Waals surface area (Å²) in [5, 5.41) is 2.41. The van der Waals surface area contributed by atoms with Crippen LogP contribution in [0.3, 0.4) is 0 Å². The molecule has 0 radical (unpaired) electrons. The molecule has 0 aliphatic rings. The standard InChI is InChI=1S/C10H11N5O3/c1-5(16)3-15-9(18)7-8(12-4-11-7)14-10(15)13-6(2)17/h4H,3H2,1-2H3,(H,11,12)(H,13,14,17). The van der Waals surface area contributed by atoms with Gasteiger partial charge in [0.15, 0.2) is 11.2 Å². The molecule has 0 fully saturated rings. The molecule has 0 aromatic carbocycles. The lowest BCUT2D eigenvalue weighted by molar-refractivity contribution is -0.118. The topological polar surface area (TPSA) is 110 Å². The van der Waals surface area contributed by atoms with Crippen LogP contribution in [0.25, 0.3) is 11.2 Å². The molecule has 0 unspecified atom stereocenters. The third-order valence-corrected chi connectivity index (χ3v) is 2.21. The van der Waals surface area contributed by atoms with Crippen molar-refractivity contribution in [3.05, 3.63) is 16.7 Å². The van der Waals surface area contributed by atoms with Crippen LogP contribution in [-0.4, -0.2) is 31.2 Å². The number of amides is 1. The maximum absolute atomic E-state index is 12.1. The van der Waals surface area contributed by atoms with E-state index in [0.29, 0.717) is 0 Å². The molecular formula is C10H11N5O3. The summed E-state index contributed by atoms with van der Waals surface area (Å²) in [7, 11) is 0. The molecule has 0 aliphatic heterocycles. The van der Waals surface area contributed by atoms with E-state index < -0.39 is 5.56 Å². The highest BCUT2D eigenvalue weighted by Gasteiger charge is 2.14. The molecule has 2 heterocycles. The third-order valence-electron chi connectivity index (χ3n) is 2.21. The first-order valence-electron chi connectivity index (χ1n) is 5.20. The highest BCUT2D eigenvalue weighted by molar-refractivity contribution is 5.88. The summed E-state index contributed by atoms with van der Waals surface area (Å²) in [5.41, 5.74) is -0.0506. The number of aromatic nitrogens is 4. The number of rotatable bonds is 3. The first-order valence-corrected chi connectivity index (χ1v) is 5.20. The van der Waals surface area contributed by atoms with E-state index in [0.717, 1.165) is 4.57 Å². The Morgan fingerprint density at radius 2 is 2.17 bits per heavy atom. The molecule has 0 saturated carbocycles. The molecule has 2 N–H and O–H groups in total. The van der Waals surface area contributed by atoms with Gasteiger partial charge in [-0.05, 0) is 6.92 Å². The molecule has 8 heteroatoms. The van der Waals surface area contributed by atoms with Gasteiger partial charge in [0.05, 0.1) is 12.9 Å². The molecule has 0 spiro atoms. The Balaban J connectivity index is 2.67. The number of imidazole rings is 1. The van der Waals surface area contributed by atoms with E-state index in [1.807, 2.05) is 0 Å². The van der Waals surface area contributed by atoms with Crippen molar-refractivity contribution in [1.29, 1.82) is 0 Å². The number of nitrogens with zero attached hydrogens (tertiary/aromatic N) is 3. The van der Waals surface area contributed by atoms with Crippen LogP contribution < -0.4 is 10.9 Å². The van der Waals surface area contributed by atoms with E-state index in [-0.39, 0.29) is 35.3 Å². The number of carbonyl (C=O) groups excluding carboxylic acids is 2. The number of anilines is 1. The zero-order chi connectivity index (χ0) is 13.3. The fourth-order valence-electron chi connectivity index (χ4n) is 1.54. The summed E-state index contributed by atoms with van der Waals surface area (Å²) < 4.78 is 1.10. The van der Waals surface area contributed by atoms with Crippen molar-refractivity contribution in [2.75, 3.05) is 5.32 Å². The number of H-pyrrole nitrogens is 1. The Morgan fingerprint density at radius 3 is 2.78 bits per heavy atom. The van der Waals surface area contributed by atoms with Crippen LogP contribution in [0.2, 0.25) is 0 Å². The Bertz CT molecular complexity index is 684. The van der Waals surface area contributed by atoms with Crippen LogP contribution in [0.5, 0.6) is 0 Å². The van der Waals surface area contributed by atoms with Gasteiger partial charge in [0.1, 0.15) is 5.78 Å². The van der Waals surface area contributed by atoms with Crippen molar-refractivity contribution in [3.8, 4) is 0 Å². The minimum absolute atomic E-state index is 0.0160. The molecule has 0 aliphatic carbocycles. The molecule has 0 bridgehead atoms. The molecule has 18 heavy (non-hydrogen) atoms. The minimum atomic E-state index is -0.448. The van der Waals surface area contributed by atoms with Crippen LogP contribution in [0.15, 0.2) is 11.1 Å². The third kappa shape index (κ3) is 2.12. The van der Waals surface area contributed by atoms with Crippen LogP contribution in [0.4, 0.5) is 5.95 Å². The van der Waals surface area contributed by atoms with Crippen LogP contribution >= 0.6 is 0 Å². The van der Waals surface area contributed by atoms with Crippen LogP contribution in [-0.2, 0) is 16.1 Å². The highest BCUT2D eigenvalue weighted by atomic mass is 16.2. The maximum Gasteiger partial charge on any atom is 0.281 e. The van der Waals surface area contributed by atoms with Gasteiger partial charge in [-0.3, -0.25) is 24.3 Å². The second-order valence-corrected chi connectivity index (χ2v) is 3.81. The number of carbonyl (C=O) groups is 2. The molecule has 2 rings (SSSR count). The lowest BCUT2D eigenvalue weighted by Crippen LogP contribution is -2.28. The van der Waals surface area contributed by atoms with Crippen LogP contribution in [0, 0.1) is 0 Å². The first kappa shape index (κ1) is 12.0. The molecular weight excluding hydrogens is 238 g/mol. The van der Waals surface area contributed by atoms with Crippen molar-refractivity contribution in [2.45, 2.75) is 20.4 Å². The number of hydrogen-bond donors (Lipinski definition) is 2. The molecule has 8 nitrogen and oxygen atoms in total. The maximum atomic E-state index is 12.1. The Morgan fingerprint density at radius 1 is 1.44 bits per heavy atom. The Kier molecular flexibility index (Phi) is 2.92. The molecule has 0 saturated heterocycles. The number of hydrogen-bond acceptors (Lipinski definition) is 5.